The molecule has 0 saturated carbocycles. The molecule has 1 aromatic heterocycles. The molecule has 162 valence electrons. The Morgan fingerprint density at radius 2 is 1.71 bits per heavy atom. The minimum absolute atomic E-state index is 0.0961. The Labute approximate surface area is 187 Å². The second kappa shape index (κ2) is 9.74. The molecule has 31 heavy (non-hydrogen) atoms. The molecular formula is C22H24ClN5O2S. The van der Waals surface area contributed by atoms with Crippen LogP contribution in [0.25, 0.3) is 6.08 Å². The van der Waals surface area contributed by atoms with Crippen LogP contribution in [0.1, 0.15) is 17.2 Å². The van der Waals surface area contributed by atoms with Gasteiger partial charge in [-0.2, -0.15) is 0 Å². The summed E-state index contributed by atoms with van der Waals surface area (Å²) in [4.78, 5) is 2.51. The first kappa shape index (κ1) is 21.7. The van der Waals surface area contributed by atoms with Crippen LogP contribution in [-0.2, 0) is 29.5 Å². The summed E-state index contributed by atoms with van der Waals surface area (Å²) in [5, 5.41) is 9.26. The van der Waals surface area contributed by atoms with Crippen molar-refractivity contribution in [2.45, 2.75) is 24.4 Å². The Morgan fingerprint density at radius 1 is 1.00 bits per heavy atom. The first-order valence-electron chi connectivity index (χ1n) is 10.1. The SMILES string of the molecule is O=S(=O)(NCc1nnc2n1CCN(C/C(Cl)=C/c1ccccc1)CC2)c1ccccc1. The van der Waals surface area contributed by atoms with Gasteiger partial charge in [0, 0.05) is 37.6 Å². The molecule has 0 radical (unpaired) electrons. The summed E-state index contributed by atoms with van der Waals surface area (Å²) in [6.07, 6.45) is 2.71. The number of hydrogen-bond donors (Lipinski definition) is 1. The van der Waals surface area contributed by atoms with E-state index in [1.807, 2.05) is 41.0 Å². The lowest BCUT2D eigenvalue weighted by Crippen LogP contribution is -2.29. The number of nitrogens with one attached hydrogen (secondary N) is 1. The molecule has 0 aliphatic carbocycles. The van der Waals surface area contributed by atoms with Gasteiger partial charge in [-0.3, -0.25) is 4.90 Å². The molecular weight excluding hydrogens is 434 g/mol. The van der Waals surface area contributed by atoms with E-state index in [9.17, 15) is 8.42 Å². The largest absolute Gasteiger partial charge is 0.313 e. The first-order chi connectivity index (χ1) is 15.0. The van der Waals surface area contributed by atoms with Crippen LogP contribution in [0.5, 0.6) is 0 Å². The quantitative estimate of drug-likeness (QED) is 0.590. The number of benzene rings is 2. The molecule has 0 atom stereocenters. The molecule has 7 nitrogen and oxygen atoms in total. The van der Waals surface area contributed by atoms with Crippen molar-refractivity contribution in [3.63, 3.8) is 0 Å². The van der Waals surface area contributed by atoms with Crippen LogP contribution in [-0.4, -0.2) is 47.7 Å². The molecule has 4 rings (SSSR count). The van der Waals surface area contributed by atoms with Crippen LogP contribution < -0.4 is 4.72 Å². The molecule has 0 spiro atoms. The second-order valence-electron chi connectivity index (χ2n) is 7.35. The number of nitrogens with zero attached hydrogens (tertiary/aromatic N) is 4. The van der Waals surface area contributed by atoms with Crippen LogP contribution in [0, 0.1) is 0 Å². The second-order valence-corrected chi connectivity index (χ2v) is 9.60. The average Bonchev–Trinajstić information content (AvgIpc) is 3.06. The highest BCUT2D eigenvalue weighted by atomic mass is 35.5. The zero-order valence-corrected chi connectivity index (χ0v) is 18.6. The lowest BCUT2D eigenvalue weighted by molar-refractivity contribution is 0.305. The van der Waals surface area contributed by atoms with Gasteiger partial charge < -0.3 is 4.57 Å². The molecule has 0 bridgehead atoms. The maximum absolute atomic E-state index is 12.5. The highest BCUT2D eigenvalue weighted by molar-refractivity contribution is 7.89. The number of fused-ring (bicyclic) bond motifs is 1. The predicted molar refractivity (Wildman–Crippen MR) is 121 cm³/mol. The van der Waals surface area contributed by atoms with Gasteiger partial charge in [-0.05, 0) is 23.8 Å². The Balaban J connectivity index is 1.38. The van der Waals surface area contributed by atoms with E-state index in [2.05, 4.69) is 19.8 Å². The third kappa shape index (κ3) is 5.59. The zero-order valence-electron chi connectivity index (χ0n) is 17.0. The molecule has 0 saturated heterocycles. The molecule has 3 aromatic rings. The van der Waals surface area contributed by atoms with Crippen molar-refractivity contribution in [3.8, 4) is 0 Å². The van der Waals surface area contributed by atoms with Crippen molar-refractivity contribution < 1.29 is 8.42 Å². The van der Waals surface area contributed by atoms with Gasteiger partial charge >= 0.3 is 0 Å². The minimum atomic E-state index is -3.59. The molecule has 2 aromatic carbocycles. The summed E-state index contributed by atoms with van der Waals surface area (Å²) < 4.78 is 29.6. The van der Waals surface area contributed by atoms with E-state index in [0.29, 0.717) is 18.9 Å². The topological polar surface area (TPSA) is 80.1 Å². The van der Waals surface area contributed by atoms with Crippen molar-refractivity contribution >= 4 is 27.7 Å². The smallest absolute Gasteiger partial charge is 0.240 e. The van der Waals surface area contributed by atoms with Crippen molar-refractivity contribution in [1.29, 1.82) is 0 Å². The molecule has 0 fully saturated rings. The van der Waals surface area contributed by atoms with Gasteiger partial charge in [-0.25, -0.2) is 13.1 Å². The van der Waals surface area contributed by atoms with E-state index in [4.69, 9.17) is 11.6 Å². The summed E-state index contributed by atoms with van der Waals surface area (Å²) in [6.45, 7) is 3.03. The van der Waals surface area contributed by atoms with Crippen molar-refractivity contribution in [2.75, 3.05) is 19.6 Å². The molecule has 0 unspecified atom stereocenters. The van der Waals surface area contributed by atoms with Crippen LogP contribution in [0.2, 0.25) is 0 Å². The van der Waals surface area contributed by atoms with Gasteiger partial charge in [-0.15, -0.1) is 10.2 Å². The van der Waals surface area contributed by atoms with Gasteiger partial charge in [0.2, 0.25) is 10.0 Å². The van der Waals surface area contributed by atoms with Crippen molar-refractivity contribution in [1.82, 2.24) is 24.4 Å². The fourth-order valence-corrected chi connectivity index (χ4v) is 4.84. The van der Waals surface area contributed by atoms with E-state index in [0.717, 1.165) is 35.9 Å². The third-order valence-corrected chi connectivity index (χ3v) is 6.81. The normalized spacial score (nSPS) is 15.5. The molecule has 1 aliphatic rings. The highest BCUT2D eigenvalue weighted by Crippen LogP contribution is 2.16. The Bertz CT molecular complexity index is 1150. The monoisotopic (exact) mass is 457 g/mol. The summed E-state index contributed by atoms with van der Waals surface area (Å²) in [5.74, 6) is 1.47. The van der Waals surface area contributed by atoms with E-state index in [1.165, 1.54) is 0 Å². The van der Waals surface area contributed by atoms with E-state index in [1.54, 1.807) is 30.3 Å². The van der Waals surface area contributed by atoms with E-state index in [-0.39, 0.29) is 11.4 Å². The Kier molecular flexibility index (Phi) is 6.82. The van der Waals surface area contributed by atoms with Gasteiger partial charge in [0.1, 0.15) is 11.6 Å². The molecule has 1 aliphatic heterocycles. The Morgan fingerprint density at radius 3 is 2.45 bits per heavy atom. The van der Waals surface area contributed by atoms with Gasteiger partial charge in [0.05, 0.1) is 11.4 Å². The summed E-state index contributed by atoms with van der Waals surface area (Å²) in [6, 6.07) is 18.3. The standard InChI is InChI=1S/C22H24ClN5O2S/c23-19(15-18-7-3-1-4-8-18)17-27-12-11-21-25-26-22(28(21)14-13-27)16-24-31(29,30)20-9-5-2-6-10-20/h1-10,15,24H,11-14,16-17H2/b19-15-. The predicted octanol–water partition coefficient (Wildman–Crippen LogP) is 2.89. The first-order valence-corrected chi connectivity index (χ1v) is 12.0. The van der Waals surface area contributed by atoms with E-state index >= 15 is 0 Å². The maximum Gasteiger partial charge on any atom is 0.240 e. The Hall–Kier alpha value is -2.52. The number of sulfonamides is 1. The van der Waals surface area contributed by atoms with Crippen molar-refractivity contribution in [3.05, 3.63) is 82.9 Å². The summed E-state index contributed by atoms with van der Waals surface area (Å²) in [7, 11) is -3.59. The number of halogens is 1. The van der Waals surface area contributed by atoms with E-state index < -0.39 is 10.0 Å². The third-order valence-electron chi connectivity index (χ3n) is 5.17. The fourth-order valence-electron chi connectivity index (χ4n) is 3.55. The van der Waals surface area contributed by atoms with Crippen LogP contribution in [0.3, 0.4) is 0 Å². The maximum atomic E-state index is 12.5. The lowest BCUT2D eigenvalue weighted by Gasteiger charge is -2.19. The van der Waals surface area contributed by atoms with Crippen molar-refractivity contribution in [2.24, 2.45) is 0 Å². The number of hydrogen-bond acceptors (Lipinski definition) is 5. The van der Waals surface area contributed by atoms with Crippen LogP contribution in [0.15, 0.2) is 70.6 Å². The summed E-state index contributed by atoms with van der Waals surface area (Å²) in [5.41, 5.74) is 1.08. The molecule has 0 amide bonds. The minimum Gasteiger partial charge on any atom is -0.313 e. The zero-order chi connectivity index (χ0) is 21.7. The molecule has 1 N–H and O–H groups in total. The molecule has 2 heterocycles. The average molecular weight is 458 g/mol. The van der Waals surface area contributed by atoms with Crippen LogP contribution >= 0.6 is 11.6 Å². The highest BCUT2D eigenvalue weighted by Gasteiger charge is 2.21. The fraction of sp³-hybridized carbons (Fsp3) is 0.273. The van der Waals surface area contributed by atoms with Crippen LogP contribution in [0.4, 0.5) is 0 Å². The molecule has 9 heteroatoms. The van der Waals surface area contributed by atoms with Gasteiger partial charge in [-0.1, -0.05) is 60.1 Å². The summed E-state index contributed by atoms with van der Waals surface area (Å²) >= 11 is 6.48. The number of aromatic nitrogens is 3. The van der Waals surface area contributed by atoms with Gasteiger partial charge in [0.25, 0.3) is 0 Å². The van der Waals surface area contributed by atoms with Gasteiger partial charge in [0.15, 0.2) is 0 Å². The lowest BCUT2D eigenvalue weighted by atomic mass is 10.2. The number of rotatable bonds is 7.